The molecule has 1 amide bonds. The van der Waals surface area contributed by atoms with Gasteiger partial charge in [-0.25, -0.2) is 8.42 Å². The molecule has 0 unspecified atom stereocenters. The second kappa shape index (κ2) is 8.23. The van der Waals surface area contributed by atoms with Gasteiger partial charge in [-0.15, -0.1) is 0 Å². The molecule has 1 aliphatic rings. The van der Waals surface area contributed by atoms with E-state index in [0.29, 0.717) is 5.69 Å². The van der Waals surface area contributed by atoms with Crippen molar-refractivity contribution in [2.75, 3.05) is 18.1 Å². The number of hydrogen-bond acceptors (Lipinski definition) is 4. The van der Waals surface area contributed by atoms with Crippen molar-refractivity contribution in [3.8, 4) is 0 Å². The van der Waals surface area contributed by atoms with Crippen LogP contribution in [0.2, 0.25) is 0 Å². The minimum atomic E-state index is -3.23. The predicted octanol–water partition coefficient (Wildman–Crippen LogP) is 3.26. The highest BCUT2D eigenvalue weighted by atomic mass is 32.2. The third-order valence-electron chi connectivity index (χ3n) is 5.01. The molecule has 5 nitrogen and oxygen atoms in total. The molecule has 0 saturated heterocycles. The van der Waals surface area contributed by atoms with Gasteiger partial charge < -0.3 is 10.6 Å². The number of aryl methyl sites for hydroxylation is 2. The van der Waals surface area contributed by atoms with Crippen LogP contribution in [-0.2, 0) is 27.5 Å². The van der Waals surface area contributed by atoms with E-state index in [1.807, 2.05) is 0 Å². The Hall–Kier alpha value is -2.18. The SMILES string of the molecule is C[C@H](NCC(=O)Nc1ccc(S(C)(=O)=O)cc1)c1ccc2c(c1)CCCC2. The maximum Gasteiger partial charge on any atom is 0.238 e. The molecule has 0 fully saturated rings. The van der Waals surface area contributed by atoms with E-state index in [9.17, 15) is 13.2 Å². The molecule has 0 heterocycles. The van der Waals surface area contributed by atoms with Crippen molar-refractivity contribution in [2.24, 2.45) is 0 Å². The summed E-state index contributed by atoms with van der Waals surface area (Å²) >= 11 is 0. The number of fused-ring (bicyclic) bond motifs is 1. The molecule has 0 saturated carbocycles. The number of hydrogen-bond donors (Lipinski definition) is 2. The molecule has 0 radical (unpaired) electrons. The molecule has 3 rings (SSSR count). The summed E-state index contributed by atoms with van der Waals surface area (Å²) in [4.78, 5) is 12.4. The monoisotopic (exact) mass is 386 g/mol. The number of nitrogens with one attached hydrogen (secondary N) is 2. The maximum atomic E-state index is 12.2. The van der Waals surface area contributed by atoms with Crippen LogP contribution in [0.4, 0.5) is 5.69 Å². The normalized spacial score (nSPS) is 15.0. The first kappa shape index (κ1) is 19.6. The van der Waals surface area contributed by atoms with Crippen LogP contribution in [0.3, 0.4) is 0 Å². The molecule has 1 aliphatic carbocycles. The minimum Gasteiger partial charge on any atom is -0.325 e. The molecule has 0 aromatic heterocycles. The van der Waals surface area contributed by atoms with E-state index in [-0.39, 0.29) is 23.4 Å². The van der Waals surface area contributed by atoms with Crippen molar-refractivity contribution in [3.63, 3.8) is 0 Å². The van der Waals surface area contributed by atoms with Crippen LogP contribution in [0.15, 0.2) is 47.4 Å². The lowest BCUT2D eigenvalue weighted by molar-refractivity contribution is -0.115. The van der Waals surface area contributed by atoms with E-state index in [2.05, 4.69) is 35.8 Å². The smallest absolute Gasteiger partial charge is 0.238 e. The van der Waals surface area contributed by atoms with Crippen LogP contribution in [0.25, 0.3) is 0 Å². The molecule has 2 aromatic rings. The summed E-state index contributed by atoms with van der Waals surface area (Å²) in [6.45, 7) is 2.24. The van der Waals surface area contributed by atoms with Crippen molar-refractivity contribution in [1.82, 2.24) is 5.32 Å². The summed E-state index contributed by atoms with van der Waals surface area (Å²) < 4.78 is 22.9. The molecule has 144 valence electrons. The van der Waals surface area contributed by atoms with Gasteiger partial charge in [0.05, 0.1) is 11.4 Å². The zero-order chi connectivity index (χ0) is 19.4. The van der Waals surface area contributed by atoms with Gasteiger partial charge in [-0.1, -0.05) is 18.2 Å². The van der Waals surface area contributed by atoms with Gasteiger partial charge in [0.15, 0.2) is 9.84 Å². The Kier molecular flexibility index (Phi) is 5.97. The second-order valence-corrected chi connectivity index (χ2v) is 9.20. The molecule has 27 heavy (non-hydrogen) atoms. The van der Waals surface area contributed by atoms with E-state index in [1.165, 1.54) is 41.7 Å². The standard InChI is InChI=1S/C21H26N2O3S/c1-15(17-8-7-16-5-3-4-6-18(16)13-17)22-14-21(24)23-19-9-11-20(12-10-19)27(2,25)26/h7-13,15,22H,3-6,14H2,1-2H3,(H,23,24)/t15-/m0/s1. The van der Waals surface area contributed by atoms with Gasteiger partial charge in [-0.05, 0) is 73.6 Å². The van der Waals surface area contributed by atoms with Gasteiger partial charge in [-0.3, -0.25) is 4.79 Å². The summed E-state index contributed by atoms with van der Waals surface area (Å²) in [6.07, 6.45) is 5.98. The molecule has 2 aromatic carbocycles. The molecule has 1 atom stereocenters. The topological polar surface area (TPSA) is 75.3 Å². The van der Waals surface area contributed by atoms with E-state index in [0.717, 1.165) is 19.1 Å². The average Bonchev–Trinajstić information content (AvgIpc) is 2.65. The molecular weight excluding hydrogens is 360 g/mol. The molecule has 2 N–H and O–H groups in total. The van der Waals surface area contributed by atoms with Crippen molar-refractivity contribution in [1.29, 1.82) is 0 Å². The van der Waals surface area contributed by atoms with Crippen LogP contribution in [0.5, 0.6) is 0 Å². The minimum absolute atomic E-state index is 0.0792. The molecule has 6 heteroatoms. The highest BCUT2D eigenvalue weighted by Gasteiger charge is 2.13. The Morgan fingerprint density at radius 1 is 1.04 bits per heavy atom. The summed E-state index contributed by atoms with van der Waals surface area (Å²) in [5, 5.41) is 6.03. The number of carbonyl (C=O) groups is 1. The van der Waals surface area contributed by atoms with Gasteiger partial charge in [0.25, 0.3) is 0 Å². The fourth-order valence-corrected chi connectivity index (χ4v) is 4.01. The van der Waals surface area contributed by atoms with E-state index in [4.69, 9.17) is 0 Å². The zero-order valence-electron chi connectivity index (χ0n) is 15.8. The third-order valence-corrected chi connectivity index (χ3v) is 6.14. The van der Waals surface area contributed by atoms with Crippen LogP contribution < -0.4 is 10.6 Å². The Morgan fingerprint density at radius 2 is 1.70 bits per heavy atom. The van der Waals surface area contributed by atoms with Crippen molar-refractivity contribution < 1.29 is 13.2 Å². The summed E-state index contributed by atoms with van der Waals surface area (Å²) in [5.41, 5.74) is 4.66. The molecule has 0 bridgehead atoms. The van der Waals surface area contributed by atoms with E-state index < -0.39 is 9.84 Å². The van der Waals surface area contributed by atoms with Crippen LogP contribution in [0, 0.1) is 0 Å². The van der Waals surface area contributed by atoms with Gasteiger partial charge in [0.2, 0.25) is 5.91 Å². The van der Waals surface area contributed by atoms with Crippen LogP contribution in [0.1, 0.15) is 42.5 Å². The Labute approximate surface area is 161 Å². The molecule has 0 aliphatic heterocycles. The van der Waals surface area contributed by atoms with Gasteiger partial charge in [0, 0.05) is 18.0 Å². The number of carbonyl (C=O) groups excluding carboxylic acids is 1. The maximum absolute atomic E-state index is 12.2. The number of rotatable bonds is 6. The van der Waals surface area contributed by atoms with Crippen molar-refractivity contribution in [3.05, 3.63) is 59.2 Å². The number of benzene rings is 2. The lowest BCUT2D eigenvalue weighted by atomic mass is 9.89. The predicted molar refractivity (Wildman–Crippen MR) is 108 cm³/mol. The fourth-order valence-electron chi connectivity index (χ4n) is 3.38. The third kappa shape index (κ3) is 5.17. The van der Waals surface area contributed by atoms with Gasteiger partial charge in [-0.2, -0.15) is 0 Å². The Morgan fingerprint density at radius 3 is 2.37 bits per heavy atom. The van der Waals surface area contributed by atoms with Crippen molar-refractivity contribution in [2.45, 2.75) is 43.5 Å². The first-order chi connectivity index (χ1) is 12.8. The lowest BCUT2D eigenvalue weighted by Gasteiger charge is -2.20. The van der Waals surface area contributed by atoms with Crippen molar-refractivity contribution >= 4 is 21.4 Å². The fraction of sp³-hybridized carbons (Fsp3) is 0.381. The largest absolute Gasteiger partial charge is 0.325 e. The average molecular weight is 387 g/mol. The second-order valence-electron chi connectivity index (χ2n) is 7.18. The lowest BCUT2D eigenvalue weighted by Crippen LogP contribution is -2.30. The summed E-state index contributed by atoms with van der Waals surface area (Å²) in [7, 11) is -3.23. The summed E-state index contributed by atoms with van der Waals surface area (Å²) in [5.74, 6) is -0.160. The first-order valence-corrected chi connectivity index (χ1v) is 11.2. The quantitative estimate of drug-likeness (QED) is 0.799. The number of sulfone groups is 1. The van der Waals surface area contributed by atoms with Gasteiger partial charge in [0.1, 0.15) is 0 Å². The Balaban J connectivity index is 1.54. The summed E-state index contributed by atoms with van der Waals surface area (Å²) in [6, 6.07) is 12.9. The van der Waals surface area contributed by atoms with E-state index in [1.54, 1.807) is 12.1 Å². The highest BCUT2D eigenvalue weighted by molar-refractivity contribution is 7.90. The molecule has 0 spiro atoms. The first-order valence-electron chi connectivity index (χ1n) is 9.28. The van der Waals surface area contributed by atoms with Crippen LogP contribution in [-0.4, -0.2) is 27.1 Å². The number of amides is 1. The van der Waals surface area contributed by atoms with Gasteiger partial charge >= 0.3 is 0 Å². The van der Waals surface area contributed by atoms with Crippen LogP contribution >= 0.6 is 0 Å². The molecular formula is C21H26N2O3S. The number of anilines is 1. The highest BCUT2D eigenvalue weighted by Crippen LogP contribution is 2.24. The zero-order valence-corrected chi connectivity index (χ0v) is 16.6. The van der Waals surface area contributed by atoms with E-state index >= 15 is 0 Å². The Bertz CT molecular complexity index is 921.